The first-order valence-corrected chi connectivity index (χ1v) is 34.6. The van der Waals surface area contributed by atoms with Gasteiger partial charge in [-0.3, -0.25) is 57.6 Å². The van der Waals surface area contributed by atoms with Gasteiger partial charge in [-0.2, -0.15) is 0 Å². The molecule has 0 bridgehead atoms. The van der Waals surface area contributed by atoms with Crippen molar-refractivity contribution in [1.82, 2.24) is 44.5 Å². The van der Waals surface area contributed by atoms with Crippen LogP contribution >= 0.6 is 0 Å². The van der Waals surface area contributed by atoms with Gasteiger partial charge in [0.25, 0.3) is 0 Å². The van der Waals surface area contributed by atoms with Crippen molar-refractivity contribution in [2.75, 3.05) is 75.8 Å². The van der Waals surface area contributed by atoms with Gasteiger partial charge < -0.3 is 49.5 Å². The molecule has 532 valence electrons. The van der Waals surface area contributed by atoms with Crippen molar-refractivity contribution < 1.29 is 62.6 Å². The lowest BCUT2D eigenvalue weighted by atomic mass is 9.82. The van der Waals surface area contributed by atoms with E-state index in [0.717, 1.165) is 17.9 Å². The van der Waals surface area contributed by atoms with Gasteiger partial charge in [-0.1, -0.05) is 116 Å². The zero-order chi connectivity index (χ0) is 71.4. The number of nitrogens with one attached hydrogen (secondary N) is 1. The summed E-state index contributed by atoms with van der Waals surface area (Å²) in [6.45, 7) is 33.1. The lowest BCUT2D eigenvalue weighted by molar-refractivity contribution is -0.157. The summed E-state index contributed by atoms with van der Waals surface area (Å²) < 4.78 is 5.69. The summed E-state index contributed by atoms with van der Waals surface area (Å²) in [7, 11) is 10.3. The molecule has 2 heterocycles. The summed E-state index contributed by atoms with van der Waals surface area (Å²) in [5.41, 5.74) is 0. The predicted octanol–water partition coefficient (Wildman–Crippen LogP) is 6.98. The van der Waals surface area contributed by atoms with Crippen LogP contribution in [0.2, 0.25) is 0 Å². The van der Waals surface area contributed by atoms with Crippen molar-refractivity contribution in [3.8, 4) is 0 Å². The quantitative estimate of drug-likeness (QED) is 0.131. The van der Waals surface area contributed by atoms with E-state index in [9.17, 15) is 24.3 Å². The molecule has 0 aromatic carbocycles. The molecule has 0 spiro atoms. The summed E-state index contributed by atoms with van der Waals surface area (Å²) in [5, 5.41) is 15.1. The van der Waals surface area contributed by atoms with Crippen LogP contribution < -0.4 is 5.32 Å². The van der Waals surface area contributed by atoms with Crippen LogP contribution in [0.1, 0.15) is 188 Å². The highest BCUT2D eigenvalue weighted by Crippen LogP contribution is 2.30. The maximum absolute atomic E-state index is 15.3. The maximum Gasteiger partial charge on any atom is 0.246 e. The van der Waals surface area contributed by atoms with Crippen molar-refractivity contribution in [2.45, 2.75) is 243 Å². The molecule has 22 heteroatoms. The molecular weight excluding hydrogens is 1190 g/mol. The summed E-state index contributed by atoms with van der Waals surface area (Å²) in [6, 6.07) is -9.60. The summed E-state index contributed by atoms with van der Waals surface area (Å²) >= 11 is 0. The van der Waals surface area contributed by atoms with E-state index in [0.29, 0.717) is 39.1 Å². The monoisotopic (exact) mass is 1310 g/mol. The summed E-state index contributed by atoms with van der Waals surface area (Å²) in [6.07, 6.45) is 4.37. The molecule has 2 aliphatic rings. The fourth-order valence-electron chi connectivity index (χ4n) is 13.2. The lowest BCUT2D eigenvalue weighted by Crippen LogP contribution is -2.63. The van der Waals surface area contributed by atoms with Gasteiger partial charge in [-0.25, -0.2) is 0 Å². The lowest BCUT2D eigenvalue weighted by Gasteiger charge is -2.41. The third kappa shape index (κ3) is 23.3. The van der Waals surface area contributed by atoms with E-state index < -0.39 is 143 Å². The minimum absolute atomic E-state index is 0.0244. The van der Waals surface area contributed by atoms with E-state index in [-0.39, 0.29) is 80.0 Å². The molecule has 0 aromatic heterocycles. The van der Waals surface area contributed by atoms with Crippen molar-refractivity contribution in [2.24, 2.45) is 59.2 Å². The smallest absolute Gasteiger partial charge is 0.246 e. The number of Topliss-reactive ketones (excluding diaryl/α,β-unsaturated/α-hetero) is 3. The third-order valence-electron chi connectivity index (χ3n) is 19.4. The Labute approximate surface area is 559 Å². The van der Waals surface area contributed by atoms with Gasteiger partial charge in [0.15, 0.2) is 11.6 Å². The zero-order valence-electron chi connectivity index (χ0n) is 61.7. The average molecular weight is 1310 g/mol. The number of ether oxygens (including phenoxy) is 1. The van der Waals surface area contributed by atoms with E-state index in [1.165, 1.54) is 78.6 Å². The molecule has 14 atom stereocenters. The molecule has 93 heavy (non-hydrogen) atoms. The first-order valence-electron chi connectivity index (χ1n) is 34.6. The fourth-order valence-corrected chi connectivity index (χ4v) is 13.2. The molecule has 0 aromatic rings. The number of carbonyl (C=O) groups is 11. The fraction of sp³-hybridized carbons (Fsp3) is 0.817. The van der Waals surface area contributed by atoms with Crippen molar-refractivity contribution in [1.29, 1.82) is 0 Å². The van der Waals surface area contributed by atoms with Gasteiger partial charge >= 0.3 is 0 Å². The predicted molar refractivity (Wildman–Crippen MR) is 363 cm³/mol. The second-order valence-electron chi connectivity index (χ2n) is 29.4. The Kier molecular flexibility index (Phi) is 34.8. The second kappa shape index (κ2) is 38.8. The van der Waals surface area contributed by atoms with Crippen LogP contribution in [-0.4, -0.2) is 239 Å². The molecule has 2 rings (SSSR count). The molecule has 0 saturated carbocycles. The Bertz CT molecular complexity index is 2530. The Morgan fingerprint density at radius 1 is 0.538 bits per heavy atom. The van der Waals surface area contributed by atoms with Gasteiger partial charge in [-0.05, 0) is 107 Å². The van der Waals surface area contributed by atoms with Crippen LogP contribution in [0.15, 0.2) is 12.2 Å². The molecule has 2 saturated heterocycles. The van der Waals surface area contributed by atoms with E-state index in [2.05, 4.69) is 10.2 Å². The highest BCUT2D eigenvalue weighted by Gasteiger charge is 2.46. The van der Waals surface area contributed by atoms with E-state index >= 15 is 33.6 Å². The van der Waals surface area contributed by atoms with Crippen LogP contribution in [0, 0.1) is 59.2 Å². The van der Waals surface area contributed by atoms with Gasteiger partial charge in [-0.15, -0.1) is 0 Å². The number of amides is 8. The SMILES string of the molecule is C/C=C/C[C@@H](C)[C@@H](O)[C@H]1C(=O)N[C@@H](CC)C(=O)N(C)[C@H](C)C(=O)N(C)[C@@H]([C@H](C)CCCN2CCCOC2)C(=O)C[C@@H](C(C)C)C(=O)N(C)[C@@H](CC(C)C)C(=O)C[C@@H](C)C(=O)C[C@H](C)C(=O)N(C)[C@@H](CC(C)C)C(=O)N(C)[C@@H](CC(C)C)C(=O)N(C)[C@@H](C(C)C)C(=O)N1C. The molecule has 8 amide bonds. The highest BCUT2D eigenvalue weighted by atomic mass is 16.5. The average Bonchev–Trinajstić information content (AvgIpc) is 1.04. The minimum atomic E-state index is -1.61. The zero-order valence-corrected chi connectivity index (χ0v) is 61.7. The van der Waals surface area contributed by atoms with Crippen molar-refractivity contribution in [3.63, 3.8) is 0 Å². The van der Waals surface area contributed by atoms with Crippen LogP contribution in [0.5, 0.6) is 0 Å². The standard InChI is InChI=1S/C71H125N9O13/c1-25-27-30-48(14)63(84)62-64(85)72-53(26-2)68(89)73(18)51(17)66(87)78(23)61(47(13)31-28-32-80-33-29-34-93-41-80)59(83)40-52(45(9)10)67(88)74(19)54(35-42(3)4)58(82)38-49(15)57(81)39-50(16)65(86)75(20)55(36-43(5)6)69(90)76(21)56(37-44(7)8)70(91)77(22)60(46(11)12)71(92)79(62)24/h25,27,42-56,60-63,84H,26,28-41H2,1-24H3,(H,72,85)/b27-25+/t47-,48-,49-,50+,51-,52+,53+,54+,55+,56+,60+,61+,62+,63-/m1/s1. The van der Waals surface area contributed by atoms with Gasteiger partial charge in [0, 0.05) is 106 Å². The first kappa shape index (κ1) is 83.5. The van der Waals surface area contributed by atoms with Gasteiger partial charge in [0.1, 0.15) is 42.0 Å². The third-order valence-corrected chi connectivity index (χ3v) is 19.4. The molecule has 0 unspecified atom stereocenters. The number of carbonyl (C=O) groups excluding carboxylic acids is 11. The summed E-state index contributed by atoms with van der Waals surface area (Å²) in [5.74, 6) is -11.1. The number of allylic oxidation sites excluding steroid dienone is 2. The molecule has 0 aliphatic carbocycles. The molecular formula is C71H125N9O13. The summed E-state index contributed by atoms with van der Waals surface area (Å²) in [4.78, 5) is 175. The number of aliphatic hydroxyl groups is 1. The van der Waals surface area contributed by atoms with Gasteiger partial charge in [0.2, 0.25) is 47.3 Å². The maximum atomic E-state index is 15.3. The Balaban J connectivity index is 3.03. The molecule has 2 fully saturated rings. The number of hydrogen-bond donors (Lipinski definition) is 2. The van der Waals surface area contributed by atoms with E-state index in [4.69, 9.17) is 4.74 Å². The van der Waals surface area contributed by atoms with Crippen LogP contribution in [0.3, 0.4) is 0 Å². The number of likely N-dealkylation sites (N-methyl/N-ethyl adjacent to an activating group) is 7. The number of nitrogens with zero attached hydrogens (tertiary/aromatic N) is 8. The van der Waals surface area contributed by atoms with E-state index in [1.807, 2.05) is 75.3 Å². The topological polar surface area (TPSA) is 255 Å². The van der Waals surface area contributed by atoms with Gasteiger partial charge in [0.05, 0.1) is 24.9 Å². The minimum Gasteiger partial charge on any atom is -0.390 e. The van der Waals surface area contributed by atoms with E-state index in [1.54, 1.807) is 54.7 Å². The molecule has 2 N–H and O–H groups in total. The van der Waals surface area contributed by atoms with Crippen LogP contribution in [0.25, 0.3) is 0 Å². The molecule has 0 radical (unpaired) electrons. The van der Waals surface area contributed by atoms with Crippen LogP contribution in [-0.2, 0) is 57.5 Å². The number of ketones is 3. The second-order valence-corrected chi connectivity index (χ2v) is 29.4. The normalized spacial score (nSPS) is 28.2. The Morgan fingerprint density at radius 2 is 1.03 bits per heavy atom. The number of aliphatic hydroxyl groups excluding tert-OH is 1. The first-order chi connectivity index (χ1) is 43.2. The highest BCUT2D eigenvalue weighted by molar-refractivity contribution is 6.00. The molecule has 2 aliphatic heterocycles. The number of rotatable bonds is 18. The molecule has 22 nitrogen and oxygen atoms in total. The Morgan fingerprint density at radius 3 is 1.53 bits per heavy atom. The van der Waals surface area contributed by atoms with Crippen LogP contribution in [0.4, 0.5) is 0 Å². The van der Waals surface area contributed by atoms with Crippen molar-refractivity contribution >= 4 is 64.6 Å². The Hall–Kier alpha value is -5.61. The number of hydrogen-bond acceptors (Lipinski definition) is 14. The largest absolute Gasteiger partial charge is 0.390 e. The van der Waals surface area contributed by atoms with Crippen molar-refractivity contribution in [3.05, 3.63) is 12.2 Å².